The molecule has 0 bridgehead atoms. The molecule has 4 nitrogen and oxygen atoms in total. The van der Waals surface area contributed by atoms with Crippen LogP contribution in [0.2, 0.25) is 0 Å². The van der Waals surface area contributed by atoms with E-state index in [1.54, 1.807) is 24.3 Å². The van der Waals surface area contributed by atoms with Gasteiger partial charge in [-0.1, -0.05) is 19.1 Å². The third-order valence-electron chi connectivity index (χ3n) is 3.67. The molecule has 0 unspecified atom stereocenters. The number of aldehydes is 1. The number of hydrogen-bond acceptors (Lipinski definition) is 3. The van der Waals surface area contributed by atoms with Crippen molar-refractivity contribution in [2.45, 2.75) is 20.3 Å². The average molecular weight is 310 g/mol. The van der Waals surface area contributed by atoms with Crippen LogP contribution >= 0.6 is 0 Å². The van der Waals surface area contributed by atoms with Gasteiger partial charge in [0.05, 0.1) is 5.56 Å². The van der Waals surface area contributed by atoms with Crippen LogP contribution in [-0.4, -0.2) is 25.3 Å². The zero-order valence-electron chi connectivity index (χ0n) is 13.6. The molecule has 23 heavy (non-hydrogen) atoms. The Labute approximate surface area is 137 Å². The van der Waals surface area contributed by atoms with Crippen LogP contribution in [0.1, 0.15) is 41.0 Å². The van der Waals surface area contributed by atoms with Crippen molar-refractivity contribution in [1.29, 1.82) is 0 Å². The van der Waals surface area contributed by atoms with Crippen LogP contribution < -0.4 is 10.2 Å². The van der Waals surface area contributed by atoms with Gasteiger partial charge in [0.2, 0.25) is 0 Å². The van der Waals surface area contributed by atoms with Crippen LogP contribution in [0.3, 0.4) is 0 Å². The van der Waals surface area contributed by atoms with E-state index in [-0.39, 0.29) is 5.91 Å². The van der Waals surface area contributed by atoms with Gasteiger partial charge in [0.25, 0.3) is 5.91 Å². The van der Waals surface area contributed by atoms with Crippen molar-refractivity contribution >= 4 is 23.6 Å². The molecule has 0 fully saturated rings. The number of rotatable bonds is 7. The van der Waals surface area contributed by atoms with Crippen molar-refractivity contribution in [3.8, 4) is 0 Å². The summed E-state index contributed by atoms with van der Waals surface area (Å²) in [5.41, 5.74) is 2.86. The van der Waals surface area contributed by atoms with Gasteiger partial charge in [0.1, 0.15) is 6.29 Å². The molecule has 2 aromatic rings. The van der Waals surface area contributed by atoms with Gasteiger partial charge in [0, 0.05) is 30.0 Å². The van der Waals surface area contributed by atoms with Gasteiger partial charge in [-0.2, -0.15) is 0 Å². The summed E-state index contributed by atoms with van der Waals surface area (Å²) in [5, 5.41) is 2.89. The fourth-order valence-electron chi connectivity index (χ4n) is 2.50. The summed E-state index contributed by atoms with van der Waals surface area (Å²) in [4.78, 5) is 25.5. The molecule has 1 amide bonds. The molecule has 0 saturated carbocycles. The second kappa shape index (κ2) is 8.13. The number of amides is 1. The maximum Gasteiger partial charge on any atom is 0.257 e. The summed E-state index contributed by atoms with van der Waals surface area (Å²) in [6, 6.07) is 14.5. The Kier molecular flexibility index (Phi) is 5.92. The van der Waals surface area contributed by atoms with Gasteiger partial charge < -0.3 is 10.2 Å². The highest BCUT2D eigenvalue weighted by molar-refractivity contribution is 6.08. The Balaban J connectivity index is 2.22. The number of carbonyl (C=O) groups excluding carboxylic acids is 2. The average Bonchev–Trinajstić information content (AvgIpc) is 2.60. The maximum absolute atomic E-state index is 12.6. The van der Waals surface area contributed by atoms with E-state index in [0.29, 0.717) is 16.8 Å². The summed E-state index contributed by atoms with van der Waals surface area (Å²) < 4.78 is 0. The van der Waals surface area contributed by atoms with E-state index < -0.39 is 0 Å². The topological polar surface area (TPSA) is 49.4 Å². The first kappa shape index (κ1) is 16.7. The fraction of sp³-hybridized carbons (Fsp3) is 0.263. The van der Waals surface area contributed by atoms with E-state index in [0.717, 1.165) is 31.5 Å². The Hall–Kier alpha value is -2.62. The Morgan fingerprint density at radius 2 is 1.78 bits per heavy atom. The highest BCUT2D eigenvalue weighted by atomic mass is 16.1. The molecule has 0 aliphatic heterocycles. The second-order valence-electron chi connectivity index (χ2n) is 5.29. The summed E-state index contributed by atoms with van der Waals surface area (Å²) >= 11 is 0. The second-order valence-corrected chi connectivity index (χ2v) is 5.29. The van der Waals surface area contributed by atoms with Crippen LogP contribution in [0, 0.1) is 0 Å². The lowest BCUT2D eigenvalue weighted by molar-refractivity contribution is 0.102. The van der Waals surface area contributed by atoms with Crippen molar-refractivity contribution < 1.29 is 9.59 Å². The van der Waals surface area contributed by atoms with Gasteiger partial charge in [-0.25, -0.2) is 0 Å². The summed E-state index contributed by atoms with van der Waals surface area (Å²) in [6.07, 6.45) is 1.81. The molecule has 0 aromatic heterocycles. The number of anilines is 2. The van der Waals surface area contributed by atoms with E-state index >= 15 is 0 Å². The molecule has 4 heteroatoms. The molecule has 0 atom stereocenters. The molecule has 0 aliphatic rings. The number of benzene rings is 2. The first-order valence-electron chi connectivity index (χ1n) is 7.90. The molecule has 0 aliphatic carbocycles. The molecular weight excluding hydrogens is 288 g/mol. The highest BCUT2D eigenvalue weighted by Gasteiger charge is 2.15. The molecule has 120 valence electrons. The predicted molar refractivity (Wildman–Crippen MR) is 94.4 cm³/mol. The molecule has 0 saturated heterocycles. The Morgan fingerprint density at radius 1 is 1.09 bits per heavy atom. The fourth-order valence-corrected chi connectivity index (χ4v) is 2.50. The van der Waals surface area contributed by atoms with Crippen LogP contribution in [0.4, 0.5) is 11.4 Å². The summed E-state index contributed by atoms with van der Waals surface area (Å²) in [5.74, 6) is -0.144. The van der Waals surface area contributed by atoms with Crippen LogP contribution in [0.15, 0.2) is 48.5 Å². The number of para-hydroxylation sites is 1. The standard InChI is InChI=1S/C19H22N2O2/c1-3-13-21(4-2)18-8-6-5-7-17(18)19(23)20-16-11-9-15(14-22)10-12-16/h5-12,14H,3-4,13H2,1-2H3,(H,20,23). The molecule has 0 spiro atoms. The van der Waals surface area contributed by atoms with Crippen molar-refractivity contribution in [3.63, 3.8) is 0 Å². The van der Waals surface area contributed by atoms with Crippen LogP contribution in [-0.2, 0) is 0 Å². The van der Waals surface area contributed by atoms with E-state index in [1.165, 1.54) is 0 Å². The zero-order chi connectivity index (χ0) is 16.7. The first-order chi connectivity index (χ1) is 11.2. The molecule has 1 N–H and O–H groups in total. The van der Waals surface area contributed by atoms with E-state index in [1.807, 2.05) is 24.3 Å². The summed E-state index contributed by atoms with van der Waals surface area (Å²) in [7, 11) is 0. The molecular formula is C19H22N2O2. The van der Waals surface area contributed by atoms with E-state index in [2.05, 4.69) is 24.1 Å². The lowest BCUT2D eigenvalue weighted by Gasteiger charge is -2.24. The first-order valence-corrected chi connectivity index (χ1v) is 7.90. The Morgan fingerprint density at radius 3 is 2.39 bits per heavy atom. The van der Waals surface area contributed by atoms with E-state index in [4.69, 9.17) is 0 Å². The van der Waals surface area contributed by atoms with Crippen LogP contribution in [0.5, 0.6) is 0 Å². The minimum absolute atomic E-state index is 0.144. The molecule has 0 heterocycles. The van der Waals surface area contributed by atoms with Gasteiger partial charge in [-0.05, 0) is 49.7 Å². The monoisotopic (exact) mass is 310 g/mol. The van der Waals surface area contributed by atoms with Gasteiger partial charge in [0.15, 0.2) is 0 Å². The summed E-state index contributed by atoms with van der Waals surface area (Å²) in [6.45, 7) is 5.98. The highest BCUT2D eigenvalue weighted by Crippen LogP contribution is 2.22. The van der Waals surface area contributed by atoms with Gasteiger partial charge in [-0.15, -0.1) is 0 Å². The van der Waals surface area contributed by atoms with Crippen molar-refractivity contribution in [2.24, 2.45) is 0 Å². The Bertz CT molecular complexity index is 665. The van der Waals surface area contributed by atoms with Crippen LogP contribution in [0.25, 0.3) is 0 Å². The largest absolute Gasteiger partial charge is 0.371 e. The van der Waals surface area contributed by atoms with Gasteiger partial charge in [-0.3, -0.25) is 9.59 Å². The molecule has 2 rings (SSSR count). The zero-order valence-corrected chi connectivity index (χ0v) is 13.6. The normalized spacial score (nSPS) is 10.2. The minimum atomic E-state index is -0.144. The third kappa shape index (κ3) is 4.19. The molecule has 0 radical (unpaired) electrons. The quantitative estimate of drug-likeness (QED) is 0.787. The number of nitrogens with zero attached hydrogens (tertiary/aromatic N) is 1. The SMILES string of the molecule is CCCN(CC)c1ccccc1C(=O)Nc1ccc(C=O)cc1. The van der Waals surface area contributed by atoms with E-state index in [9.17, 15) is 9.59 Å². The van der Waals surface area contributed by atoms with Crippen molar-refractivity contribution in [1.82, 2.24) is 0 Å². The smallest absolute Gasteiger partial charge is 0.257 e. The lowest BCUT2D eigenvalue weighted by atomic mass is 10.1. The molecule has 2 aromatic carbocycles. The lowest BCUT2D eigenvalue weighted by Crippen LogP contribution is -2.26. The minimum Gasteiger partial charge on any atom is -0.371 e. The number of hydrogen-bond donors (Lipinski definition) is 1. The number of carbonyl (C=O) groups is 2. The maximum atomic E-state index is 12.6. The third-order valence-corrected chi connectivity index (χ3v) is 3.67. The van der Waals surface area contributed by atoms with Crippen molar-refractivity contribution in [2.75, 3.05) is 23.3 Å². The number of nitrogens with one attached hydrogen (secondary N) is 1. The van der Waals surface area contributed by atoms with Crippen molar-refractivity contribution in [3.05, 3.63) is 59.7 Å². The predicted octanol–water partition coefficient (Wildman–Crippen LogP) is 3.99. The van der Waals surface area contributed by atoms with Gasteiger partial charge >= 0.3 is 0 Å².